The minimum absolute atomic E-state index is 0.447. The second kappa shape index (κ2) is 6.92. The molecule has 25 heavy (non-hydrogen) atoms. The van der Waals surface area contributed by atoms with Crippen molar-refractivity contribution in [3.63, 3.8) is 0 Å². The average Bonchev–Trinajstić information content (AvgIpc) is 3.22. The molecular weight excluding hydrogens is 338 g/mol. The average molecular weight is 353 g/mol. The fourth-order valence-corrected chi connectivity index (χ4v) is 3.13. The Hall–Kier alpha value is -2.90. The van der Waals surface area contributed by atoms with Gasteiger partial charge in [0.25, 0.3) is 10.0 Å². The zero-order valence-corrected chi connectivity index (χ0v) is 13.9. The van der Waals surface area contributed by atoms with Crippen LogP contribution in [-0.2, 0) is 14.8 Å². The van der Waals surface area contributed by atoms with E-state index in [-0.39, 0.29) is 0 Å². The molecular formula is C18H15N3O3S. The van der Waals surface area contributed by atoms with Crippen molar-refractivity contribution in [3.05, 3.63) is 77.4 Å². The highest BCUT2D eigenvalue weighted by Crippen LogP contribution is 2.34. The first-order valence-corrected chi connectivity index (χ1v) is 9.01. The third kappa shape index (κ3) is 3.78. The number of primary sulfonamides is 1. The number of hydrogen-bond acceptors (Lipinski definition) is 5. The molecule has 1 atom stereocenters. The second-order valence-electron chi connectivity index (χ2n) is 5.44. The van der Waals surface area contributed by atoms with Crippen LogP contribution in [0.4, 0.5) is 0 Å². The number of carbonyl (C=O) groups excluding carboxylic acids is 1. The molecule has 2 N–H and O–H groups in total. The number of nitrogens with zero attached hydrogens (tertiary/aromatic N) is 2. The molecule has 0 amide bonds. The molecule has 0 fully saturated rings. The summed E-state index contributed by atoms with van der Waals surface area (Å²) >= 11 is 0. The minimum Gasteiger partial charge on any atom is -0.285 e. The van der Waals surface area contributed by atoms with E-state index in [9.17, 15) is 13.2 Å². The van der Waals surface area contributed by atoms with Crippen molar-refractivity contribution in [2.75, 3.05) is 0 Å². The number of fused-ring (bicyclic) bond motifs is 1. The lowest BCUT2D eigenvalue weighted by Gasteiger charge is -2.10. The number of benzene rings is 2. The molecule has 1 aliphatic carbocycles. The molecule has 2 aromatic carbocycles. The molecule has 0 saturated heterocycles. The monoisotopic (exact) mass is 353 g/mol. The molecule has 7 heteroatoms. The van der Waals surface area contributed by atoms with Crippen LogP contribution in [0.3, 0.4) is 0 Å². The van der Waals surface area contributed by atoms with Gasteiger partial charge in [0.05, 0.1) is 0 Å². The van der Waals surface area contributed by atoms with Crippen molar-refractivity contribution in [2.45, 2.75) is 5.92 Å². The molecule has 1 heterocycles. The summed E-state index contributed by atoms with van der Waals surface area (Å²) in [6, 6.07) is 19.2. The fourth-order valence-electron chi connectivity index (χ4n) is 2.64. The van der Waals surface area contributed by atoms with E-state index in [0.717, 1.165) is 6.21 Å². The van der Waals surface area contributed by atoms with Crippen molar-refractivity contribution in [3.8, 4) is 0 Å². The van der Waals surface area contributed by atoms with Crippen LogP contribution in [0.1, 0.15) is 22.6 Å². The Bertz CT molecular complexity index is 993. The normalized spacial score (nSPS) is 17.7. The molecule has 0 spiro atoms. The van der Waals surface area contributed by atoms with Gasteiger partial charge in [-0.05, 0) is 16.7 Å². The summed E-state index contributed by atoms with van der Waals surface area (Å²) in [5, 5.41) is 9.95. The molecule has 1 unspecified atom stereocenters. The summed E-state index contributed by atoms with van der Waals surface area (Å²) in [7, 11) is -3.98. The summed E-state index contributed by atoms with van der Waals surface area (Å²) in [6.45, 7) is 0. The van der Waals surface area contributed by atoms with E-state index >= 15 is 0 Å². The lowest BCUT2D eigenvalue weighted by molar-refractivity contribution is -0.106. The minimum atomic E-state index is -3.98. The number of ketones is 1. The number of Topliss-reactive ketones (excluding diaryl/α,β-unsaturated/α-hetero) is 1. The zero-order valence-electron chi connectivity index (χ0n) is 13.1. The van der Waals surface area contributed by atoms with Gasteiger partial charge in [-0.3, -0.25) is 4.79 Å². The third-order valence-electron chi connectivity index (χ3n) is 3.76. The van der Waals surface area contributed by atoms with Gasteiger partial charge in [0.15, 0.2) is 0 Å². The van der Waals surface area contributed by atoms with E-state index < -0.39 is 20.9 Å². The van der Waals surface area contributed by atoms with Crippen LogP contribution in [0.2, 0.25) is 0 Å². The maximum atomic E-state index is 10.5. The Labute approximate surface area is 145 Å². The Morgan fingerprint density at radius 1 is 0.960 bits per heavy atom. The molecule has 126 valence electrons. The quantitative estimate of drug-likeness (QED) is 0.849. The summed E-state index contributed by atoms with van der Waals surface area (Å²) in [5.74, 6) is -0.329. The highest BCUT2D eigenvalue weighted by Gasteiger charge is 2.25. The van der Waals surface area contributed by atoms with Crippen LogP contribution in [0.15, 0.2) is 70.9 Å². The second-order valence-corrected chi connectivity index (χ2v) is 6.91. The van der Waals surface area contributed by atoms with E-state index in [1.807, 2.05) is 0 Å². The number of hydrogen-bond donors (Lipinski definition) is 1. The predicted octanol–water partition coefficient (Wildman–Crippen LogP) is 2.09. The fraction of sp³-hybridized carbons (Fsp3) is 0.0556. The smallest absolute Gasteiger partial charge is 0.261 e. The summed E-state index contributed by atoms with van der Waals surface area (Å²) in [4.78, 5) is 10.5. The number of rotatable bonds is 1. The van der Waals surface area contributed by atoms with Gasteiger partial charge in [0, 0.05) is 5.92 Å². The third-order valence-corrected chi connectivity index (χ3v) is 4.58. The van der Waals surface area contributed by atoms with E-state index in [0.29, 0.717) is 5.92 Å². The van der Waals surface area contributed by atoms with Crippen molar-refractivity contribution in [1.29, 1.82) is 0 Å². The molecule has 1 aliphatic heterocycles. The maximum Gasteiger partial charge on any atom is 0.261 e. The highest BCUT2D eigenvalue weighted by atomic mass is 32.2. The summed E-state index contributed by atoms with van der Waals surface area (Å²) in [5.41, 5.74) is 4.15. The van der Waals surface area contributed by atoms with Crippen molar-refractivity contribution >= 4 is 33.1 Å². The maximum absolute atomic E-state index is 10.5. The van der Waals surface area contributed by atoms with Gasteiger partial charge in [-0.2, -0.15) is 5.10 Å². The Morgan fingerprint density at radius 2 is 1.64 bits per heavy atom. The van der Waals surface area contributed by atoms with Crippen LogP contribution in [0.25, 0.3) is 6.08 Å². The first-order chi connectivity index (χ1) is 12.0. The van der Waals surface area contributed by atoms with Gasteiger partial charge in [0.1, 0.15) is 6.21 Å². The topological polar surface area (TPSA) is 102 Å². The Balaban J connectivity index is 0.000000160. The molecule has 0 bridgehead atoms. The van der Waals surface area contributed by atoms with Gasteiger partial charge in [-0.25, -0.2) is 13.6 Å². The van der Waals surface area contributed by atoms with Gasteiger partial charge >= 0.3 is 0 Å². The van der Waals surface area contributed by atoms with E-state index in [1.165, 1.54) is 16.7 Å². The Morgan fingerprint density at radius 3 is 2.24 bits per heavy atom. The zero-order chi connectivity index (χ0) is 17.9. The van der Waals surface area contributed by atoms with Crippen molar-refractivity contribution < 1.29 is 13.2 Å². The first-order valence-electron chi connectivity index (χ1n) is 7.47. The standard InChI is InChI=1S/C15H12.C3H3N3O3S/c1-2-6-12(7-3-1)15-11-10-13-8-4-5-9-14(13)15;4-10(8,9)3-2(7)1-5-6-3/h1-11,15H;1H,(H2,4,8,9). The molecule has 0 radical (unpaired) electrons. The number of sulfonamides is 1. The van der Waals surface area contributed by atoms with Gasteiger partial charge in [-0.15, -0.1) is 5.10 Å². The van der Waals surface area contributed by atoms with E-state index in [4.69, 9.17) is 0 Å². The van der Waals surface area contributed by atoms with Crippen molar-refractivity contribution in [1.82, 2.24) is 0 Å². The number of nitrogens with two attached hydrogens (primary N) is 1. The molecule has 0 saturated carbocycles. The van der Waals surface area contributed by atoms with Gasteiger partial charge < -0.3 is 0 Å². The van der Waals surface area contributed by atoms with E-state index in [1.54, 1.807) is 0 Å². The first kappa shape index (κ1) is 16.9. The highest BCUT2D eigenvalue weighted by molar-refractivity contribution is 8.06. The van der Waals surface area contributed by atoms with Crippen LogP contribution >= 0.6 is 0 Å². The SMILES string of the molecule is C1=CC(c2ccccc2)c2ccccc21.NS(=O)(=O)C1=NN=CC1=O. The molecule has 4 rings (SSSR count). The van der Waals surface area contributed by atoms with Crippen LogP contribution in [-0.4, -0.2) is 25.5 Å². The van der Waals surface area contributed by atoms with Crippen molar-refractivity contribution in [2.24, 2.45) is 15.3 Å². The molecule has 6 nitrogen and oxygen atoms in total. The summed E-state index contributed by atoms with van der Waals surface area (Å²) in [6.07, 6.45) is 5.28. The predicted molar refractivity (Wildman–Crippen MR) is 97.8 cm³/mol. The van der Waals surface area contributed by atoms with Crippen LogP contribution in [0, 0.1) is 0 Å². The lowest BCUT2D eigenvalue weighted by atomic mass is 9.93. The van der Waals surface area contributed by atoms with Gasteiger partial charge in [0.2, 0.25) is 10.8 Å². The summed E-state index contributed by atoms with van der Waals surface area (Å²) < 4.78 is 20.8. The van der Waals surface area contributed by atoms with Crippen LogP contribution < -0.4 is 5.14 Å². The van der Waals surface area contributed by atoms with Gasteiger partial charge in [-0.1, -0.05) is 66.7 Å². The van der Waals surface area contributed by atoms with Crippen LogP contribution in [0.5, 0.6) is 0 Å². The van der Waals surface area contributed by atoms with E-state index in [2.05, 4.69) is 82.1 Å². The molecule has 2 aliphatic rings. The largest absolute Gasteiger partial charge is 0.285 e. The lowest BCUT2D eigenvalue weighted by Crippen LogP contribution is -2.28. The number of allylic oxidation sites excluding steroid dienone is 1. The molecule has 2 aromatic rings. The molecule has 0 aromatic heterocycles. The number of carbonyl (C=O) groups is 1. The Kier molecular flexibility index (Phi) is 4.69.